The van der Waals surface area contributed by atoms with Crippen molar-refractivity contribution < 1.29 is 0 Å². The number of hydrogen-bond acceptors (Lipinski definition) is 1. The summed E-state index contributed by atoms with van der Waals surface area (Å²) >= 11 is 14.3. The van der Waals surface area contributed by atoms with Crippen LogP contribution in [0.15, 0.2) is 6.07 Å². The van der Waals surface area contributed by atoms with Gasteiger partial charge in [0.1, 0.15) is 0 Å². The summed E-state index contributed by atoms with van der Waals surface area (Å²) in [7, 11) is 0. The first-order chi connectivity index (χ1) is 7.19. The van der Waals surface area contributed by atoms with Gasteiger partial charge in [-0.25, -0.2) is 0 Å². The second-order valence-corrected chi connectivity index (χ2v) is 8.08. The first-order valence-corrected chi connectivity index (χ1v) is 7.22. The summed E-state index contributed by atoms with van der Waals surface area (Å²) in [4.78, 5) is 1.22. The molecule has 3 heteroatoms. The molecule has 0 aliphatic heterocycles. The molecule has 1 atom stereocenters. The Labute approximate surface area is 112 Å². The lowest BCUT2D eigenvalue weighted by atomic mass is 10.0. The predicted octanol–water partition coefficient (Wildman–Crippen LogP) is 5.67. The van der Waals surface area contributed by atoms with Gasteiger partial charge in [0.25, 0.3) is 0 Å². The van der Waals surface area contributed by atoms with E-state index in [0.29, 0.717) is 16.7 Å². The molecule has 0 amide bonds. The highest BCUT2D eigenvalue weighted by Crippen LogP contribution is 2.73. The quantitative estimate of drug-likeness (QED) is 0.611. The van der Waals surface area contributed by atoms with E-state index < -0.39 is 0 Å². The van der Waals surface area contributed by atoms with Crippen molar-refractivity contribution in [1.29, 1.82) is 0 Å². The number of rotatable bonds is 2. The lowest BCUT2D eigenvalue weighted by Crippen LogP contribution is -1.97. The summed E-state index contributed by atoms with van der Waals surface area (Å²) in [5.74, 6) is 0.538. The molecule has 1 fully saturated rings. The molecule has 1 aromatic heterocycles. The van der Waals surface area contributed by atoms with Crippen molar-refractivity contribution in [2.45, 2.75) is 40.0 Å². The lowest BCUT2D eigenvalue weighted by Gasteiger charge is -2.08. The highest BCUT2D eigenvalue weighted by atomic mass is 35.5. The zero-order chi connectivity index (χ0) is 12.3. The number of thiophene rings is 1. The third-order valence-electron chi connectivity index (χ3n) is 4.57. The summed E-state index contributed by atoms with van der Waals surface area (Å²) in [6.07, 6.45) is 0. The van der Waals surface area contributed by atoms with Crippen LogP contribution in [0, 0.1) is 23.7 Å². The molecule has 1 saturated carbocycles. The van der Waals surface area contributed by atoms with Crippen molar-refractivity contribution in [2.75, 3.05) is 0 Å². The van der Waals surface area contributed by atoms with E-state index in [0.717, 1.165) is 9.90 Å². The monoisotopic (exact) mass is 276 g/mol. The van der Waals surface area contributed by atoms with Crippen LogP contribution in [-0.4, -0.2) is 0 Å². The normalized spacial score (nSPS) is 24.4. The number of alkyl halides is 1. The molecule has 1 aliphatic rings. The van der Waals surface area contributed by atoms with E-state index >= 15 is 0 Å². The molecule has 0 N–H and O–H groups in total. The fourth-order valence-electron chi connectivity index (χ4n) is 2.76. The summed E-state index contributed by atoms with van der Waals surface area (Å²) in [6.45, 7) is 11.2. The van der Waals surface area contributed by atoms with Gasteiger partial charge >= 0.3 is 0 Å². The van der Waals surface area contributed by atoms with Gasteiger partial charge < -0.3 is 0 Å². The van der Waals surface area contributed by atoms with Crippen LogP contribution < -0.4 is 0 Å². The third-order valence-corrected chi connectivity index (χ3v) is 6.83. The largest absolute Gasteiger partial charge is 0.127 e. The number of hydrogen-bond donors (Lipinski definition) is 0. The van der Waals surface area contributed by atoms with Gasteiger partial charge in [0.2, 0.25) is 0 Å². The lowest BCUT2D eigenvalue weighted by molar-refractivity contribution is 0.457. The first kappa shape index (κ1) is 12.7. The van der Waals surface area contributed by atoms with Crippen LogP contribution in [0.5, 0.6) is 0 Å². The van der Waals surface area contributed by atoms with E-state index in [9.17, 15) is 0 Å². The minimum Gasteiger partial charge on any atom is -0.127 e. The highest BCUT2D eigenvalue weighted by Gasteiger charge is 2.67. The molecule has 2 rings (SSSR count). The van der Waals surface area contributed by atoms with Crippen molar-refractivity contribution in [3.63, 3.8) is 0 Å². The van der Waals surface area contributed by atoms with Gasteiger partial charge in [-0.2, -0.15) is 0 Å². The fourth-order valence-corrected chi connectivity index (χ4v) is 4.82. The van der Waals surface area contributed by atoms with E-state index in [1.807, 2.05) is 6.92 Å². The van der Waals surface area contributed by atoms with E-state index in [1.54, 1.807) is 11.3 Å². The average Bonchev–Trinajstić information content (AvgIpc) is 2.39. The third kappa shape index (κ3) is 1.63. The number of halogens is 2. The first-order valence-electron chi connectivity index (χ1n) is 5.59. The maximum absolute atomic E-state index is 6.61. The van der Waals surface area contributed by atoms with Crippen molar-refractivity contribution in [2.24, 2.45) is 16.7 Å². The maximum Gasteiger partial charge on any atom is 0.0960 e. The molecular weight excluding hydrogens is 259 g/mol. The fraction of sp³-hybridized carbons (Fsp3) is 0.692. The Kier molecular flexibility index (Phi) is 2.89. The molecule has 0 nitrogen and oxygen atoms in total. The van der Waals surface area contributed by atoms with Crippen molar-refractivity contribution in [1.82, 2.24) is 0 Å². The predicted molar refractivity (Wildman–Crippen MR) is 73.7 cm³/mol. The highest BCUT2D eigenvalue weighted by molar-refractivity contribution is 7.16. The summed E-state index contributed by atoms with van der Waals surface area (Å²) in [5.41, 5.74) is 1.79. The number of aryl methyl sites for hydroxylation is 1. The minimum atomic E-state index is 0.0983. The molecule has 0 spiro atoms. The van der Waals surface area contributed by atoms with E-state index in [1.165, 1.54) is 4.88 Å². The average molecular weight is 277 g/mol. The maximum atomic E-state index is 6.61. The van der Waals surface area contributed by atoms with E-state index in [4.69, 9.17) is 23.2 Å². The van der Waals surface area contributed by atoms with E-state index in [2.05, 4.69) is 33.8 Å². The molecule has 0 radical (unpaired) electrons. The van der Waals surface area contributed by atoms with Crippen LogP contribution in [0.1, 0.15) is 43.5 Å². The van der Waals surface area contributed by atoms with Gasteiger partial charge in [-0.1, -0.05) is 39.3 Å². The molecule has 0 saturated heterocycles. The Morgan fingerprint density at radius 2 is 1.75 bits per heavy atom. The SMILES string of the molecule is Cc1cc(C(Cl)C2C(C)(C)C2(C)C)sc1Cl. The van der Waals surface area contributed by atoms with Gasteiger partial charge in [0.05, 0.1) is 9.71 Å². The second-order valence-electron chi connectivity index (χ2n) is 5.93. The summed E-state index contributed by atoms with van der Waals surface area (Å²) < 4.78 is 0.872. The topological polar surface area (TPSA) is 0 Å². The zero-order valence-electron chi connectivity index (χ0n) is 10.4. The molecule has 0 bridgehead atoms. The van der Waals surface area contributed by atoms with Crippen molar-refractivity contribution in [3.8, 4) is 0 Å². The van der Waals surface area contributed by atoms with Gasteiger partial charge in [-0.3, -0.25) is 0 Å². The van der Waals surface area contributed by atoms with Crippen LogP contribution in [0.2, 0.25) is 4.34 Å². The minimum absolute atomic E-state index is 0.0983. The molecule has 90 valence electrons. The van der Waals surface area contributed by atoms with Crippen molar-refractivity contribution >= 4 is 34.5 Å². The van der Waals surface area contributed by atoms with Crippen LogP contribution in [-0.2, 0) is 0 Å². The molecule has 0 aromatic carbocycles. The van der Waals surface area contributed by atoms with Gasteiger partial charge in [0.15, 0.2) is 0 Å². The molecular formula is C13H18Cl2S. The molecule has 1 aliphatic carbocycles. The standard InChI is InChI=1S/C13H18Cl2S/c1-7-6-8(16-11(7)15)9(14)10-12(2,3)13(10,4)5/h6,9-10H,1-5H3. The van der Waals surface area contributed by atoms with Gasteiger partial charge in [-0.05, 0) is 35.3 Å². The Morgan fingerprint density at radius 3 is 2.06 bits per heavy atom. The molecule has 1 heterocycles. The van der Waals surface area contributed by atoms with Crippen LogP contribution in [0.3, 0.4) is 0 Å². The second kappa shape index (κ2) is 3.63. The summed E-state index contributed by atoms with van der Waals surface area (Å²) in [6, 6.07) is 2.13. The van der Waals surface area contributed by atoms with E-state index in [-0.39, 0.29) is 5.38 Å². The van der Waals surface area contributed by atoms with Gasteiger partial charge in [-0.15, -0.1) is 22.9 Å². The van der Waals surface area contributed by atoms with Crippen LogP contribution in [0.25, 0.3) is 0 Å². The Hall–Kier alpha value is 0.280. The van der Waals surface area contributed by atoms with Crippen molar-refractivity contribution in [3.05, 3.63) is 20.8 Å². The van der Waals surface area contributed by atoms with Crippen LogP contribution >= 0.6 is 34.5 Å². The Morgan fingerprint density at radius 1 is 1.25 bits per heavy atom. The Balaban J connectivity index is 2.25. The Bertz CT molecular complexity index is 384. The molecule has 16 heavy (non-hydrogen) atoms. The summed E-state index contributed by atoms with van der Waals surface area (Å²) in [5, 5.41) is 0.0983. The van der Waals surface area contributed by atoms with Crippen LogP contribution in [0.4, 0.5) is 0 Å². The zero-order valence-corrected chi connectivity index (χ0v) is 12.7. The van der Waals surface area contributed by atoms with Gasteiger partial charge in [0, 0.05) is 4.88 Å². The smallest absolute Gasteiger partial charge is 0.0960 e. The molecule has 1 aromatic rings. The molecule has 1 unspecified atom stereocenters.